The fourth-order valence-electron chi connectivity index (χ4n) is 2.42. The lowest BCUT2D eigenvalue weighted by Gasteiger charge is -2.08. The zero-order valence-electron chi connectivity index (χ0n) is 16.1. The van der Waals surface area contributed by atoms with E-state index in [-0.39, 0.29) is 6.42 Å². The van der Waals surface area contributed by atoms with E-state index >= 15 is 0 Å². The van der Waals surface area contributed by atoms with Crippen LogP contribution in [0.3, 0.4) is 0 Å². The van der Waals surface area contributed by atoms with Crippen molar-refractivity contribution in [3.63, 3.8) is 0 Å². The average molecular weight is 349 g/mol. The molecule has 0 atom stereocenters. The zero-order valence-corrected chi connectivity index (χ0v) is 16.1. The maximum atomic E-state index is 10.7. The first-order valence-electron chi connectivity index (χ1n) is 9.40. The van der Waals surface area contributed by atoms with Gasteiger partial charge in [0.05, 0.1) is 0 Å². The predicted molar refractivity (Wildman–Crippen MR) is 101 cm³/mol. The lowest BCUT2D eigenvalue weighted by atomic mass is 10.1. The number of hydrogen-bond donors (Lipinski definition) is 0. The minimum Gasteiger partial charge on any atom is -0.542 e. The largest absolute Gasteiger partial charge is 0.542 e. The van der Waals surface area contributed by atoms with E-state index in [1.54, 1.807) is 30.3 Å². The summed E-state index contributed by atoms with van der Waals surface area (Å²) in [5, 5.41) is 10.0. The molecule has 0 amide bonds. The summed E-state index contributed by atoms with van der Waals surface area (Å²) in [6.45, 7) is 3.53. The first kappa shape index (κ1) is 23.3. The Hall–Kier alpha value is -1.68. The number of aliphatic carboxylic acids is 1. The summed E-state index contributed by atoms with van der Waals surface area (Å²) in [4.78, 5) is 23.0. The first-order valence-corrected chi connectivity index (χ1v) is 9.40. The molecule has 1 rings (SSSR count). The van der Waals surface area contributed by atoms with Gasteiger partial charge in [0.15, 0.2) is 5.78 Å². The summed E-state index contributed by atoms with van der Waals surface area (Å²) in [6.07, 6.45) is 11.3. The molecule has 0 radical (unpaired) electrons. The third kappa shape index (κ3) is 15.6. The zero-order chi connectivity index (χ0) is 18.9. The monoisotopic (exact) mass is 348 g/mol. The van der Waals surface area contributed by atoms with Crippen molar-refractivity contribution in [2.24, 2.45) is 0 Å². The van der Waals surface area contributed by atoms with Crippen LogP contribution in [0.25, 0.3) is 0 Å². The summed E-state index contributed by atoms with van der Waals surface area (Å²) in [7, 11) is 4.31. The Morgan fingerprint density at radius 2 is 1.40 bits per heavy atom. The van der Waals surface area contributed by atoms with Crippen LogP contribution in [0, 0.1) is 0 Å². The average Bonchev–Trinajstić information content (AvgIpc) is 2.58. The normalized spacial score (nSPS) is 10.2. The van der Waals surface area contributed by atoms with Crippen molar-refractivity contribution in [1.29, 1.82) is 0 Å². The minimum absolute atomic E-state index is 0.0941. The van der Waals surface area contributed by atoms with Gasteiger partial charge in [-0.05, 0) is 32.6 Å². The number of benzene rings is 1. The molecule has 0 N–H and O–H groups in total. The van der Waals surface area contributed by atoms with Crippen LogP contribution in [0.2, 0.25) is 0 Å². The molecule has 25 heavy (non-hydrogen) atoms. The SMILES string of the molecule is CCCCCCCCCCN(C)C.O=C([O-])C(=O)Cc1ccccc1. The van der Waals surface area contributed by atoms with Gasteiger partial charge in [-0.15, -0.1) is 0 Å². The lowest BCUT2D eigenvalue weighted by molar-refractivity contribution is -0.299. The lowest BCUT2D eigenvalue weighted by Crippen LogP contribution is -2.32. The highest BCUT2D eigenvalue weighted by molar-refractivity contribution is 6.32. The second kappa shape index (κ2) is 15.8. The number of carboxylic acid groups (broad SMARTS) is 1. The van der Waals surface area contributed by atoms with Crippen LogP contribution in [-0.4, -0.2) is 37.3 Å². The van der Waals surface area contributed by atoms with E-state index < -0.39 is 11.8 Å². The van der Waals surface area contributed by atoms with Crippen molar-refractivity contribution < 1.29 is 14.7 Å². The van der Waals surface area contributed by atoms with E-state index in [2.05, 4.69) is 25.9 Å². The van der Waals surface area contributed by atoms with Gasteiger partial charge in [0.2, 0.25) is 0 Å². The predicted octanol–water partition coefficient (Wildman–Crippen LogP) is 3.24. The Morgan fingerprint density at radius 3 is 1.88 bits per heavy atom. The van der Waals surface area contributed by atoms with Gasteiger partial charge < -0.3 is 14.8 Å². The Morgan fingerprint density at radius 1 is 0.880 bits per heavy atom. The molecule has 0 unspecified atom stereocenters. The van der Waals surface area contributed by atoms with Crippen LogP contribution in [0.15, 0.2) is 30.3 Å². The fraction of sp³-hybridized carbons (Fsp3) is 0.619. The summed E-state index contributed by atoms with van der Waals surface area (Å²) >= 11 is 0. The molecule has 0 saturated carbocycles. The standard InChI is InChI=1S/C12H27N.C9H8O3/c1-4-5-6-7-8-9-10-11-12-13(2)3;10-8(9(11)12)6-7-4-2-1-3-5-7/h4-12H2,1-3H3;1-5H,6H2,(H,11,12)/p-1. The van der Waals surface area contributed by atoms with E-state index in [4.69, 9.17) is 0 Å². The number of hydrogen-bond acceptors (Lipinski definition) is 4. The maximum absolute atomic E-state index is 10.7. The molecular weight excluding hydrogens is 314 g/mol. The van der Waals surface area contributed by atoms with Crippen molar-refractivity contribution in [2.75, 3.05) is 20.6 Å². The maximum Gasteiger partial charge on any atom is 0.182 e. The molecule has 0 aliphatic rings. The highest BCUT2D eigenvalue weighted by atomic mass is 16.4. The van der Waals surface area contributed by atoms with Crippen molar-refractivity contribution >= 4 is 11.8 Å². The van der Waals surface area contributed by atoms with Gasteiger partial charge in [-0.3, -0.25) is 4.79 Å². The Bertz CT molecular complexity index is 457. The van der Waals surface area contributed by atoms with Gasteiger partial charge >= 0.3 is 0 Å². The van der Waals surface area contributed by atoms with Crippen molar-refractivity contribution in [2.45, 2.75) is 64.7 Å². The van der Waals surface area contributed by atoms with E-state index in [1.807, 2.05) is 0 Å². The number of nitrogens with zero attached hydrogens (tertiary/aromatic N) is 1. The third-order valence-corrected chi connectivity index (χ3v) is 3.89. The summed E-state index contributed by atoms with van der Waals surface area (Å²) in [6, 6.07) is 8.68. The van der Waals surface area contributed by atoms with E-state index in [9.17, 15) is 14.7 Å². The third-order valence-electron chi connectivity index (χ3n) is 3.89. The van der Waals surface area contributed by atoms with E-state index in [0.29, 0.717) is 5.56 Å². The van der Waals surface area contributed by atoms with E-state index in [1.165, 1.54) is 57.9 Å². The molecule has 142 valence electrons. The summed E-state index contributed by atoms with van der Waals surface area (Å²) in [5.41, 5.74) is 0.687. The van der Waals surface area contributed by atoms with Crippen LogP contribution < -0.4 is 5.11 Å². The Kier molecular flexibility index (Phi) is 14.8. The number of carbonyl (C=O) groups excluding carboxylic acids is 2. The van der Waals surface area contributed by atoms with Crippen molar-refractivity contribution in [1.82, 2.24) is 4.90 Å². The van der Waals surface area contributed by atoms with E-state index in [0.717, 1.165) is 0 Å². The van der Waals surface area contributed by atoms with Gasteiger partial charge in [0.25, 0.3) is 0 Å². The van der Waals surface area contributed by atoms with Crippen molar-refractivity contribution in [3.05, 3.63) is 35.9 Å². The Labute approximate surface area is 153 Å². The molecule has 0 aliphatic heterocycles. The van der Waals surface area contributed by atoms with Gasteiger partial charge in [0.1, 0.15) is 5.97 Å². The fourth-order valence-corrected chi connectivity index (χ4v) is 2.42. The molecule has 0 aromatic heterocycles. The topological polar surface area (TPSA) is 60.4 Å². The number of carboxylic acids is 1. The number of unbranched alkanes of at least 4 members (excludes halogenated alkanes) is 7. The molecule has 4 nitrogen and oxygen atoms in total. The molecule has 0 spiro atoms. The molecule has 0 saturated heterocycles. The molecule has 0 aliphatic carbocycles. The molecule has 0 fully saturated rings. The molecule has 1 aromatic rings. The van der Waals surface area contributed by atoms with Gasteiger partial charge in [0, 0.05) is 6.42 Å². The Balaban J connectivity index is 0.000000462. The first-order chi connectivity index (χ1) is 12.0. The van der Waals surface area contributed by atoms with Crippen LogP contribution in [0.4, 0.5) is 0 Å². The number of Topliss-reactive ketones (excluding diaryl/α,β-unsaturated/α-hetero) is 1. The highest BCUT2D eigenvalue weighted by Crippen LogP contribution is 2.08. The van der Waals surface area contributed by atoms with Gasteiger partial charge in [-0.2, -0.15) is 0 Å². The quantitative estimate of drug-likeness (QED) is 0.430. The molecule has 0 bridgehead atoms. The van der Waals surface area contributed by atoms with Crippen LogP contribution >= 0.6 is 0 Å². The summed E-state index contributed by atoms with van der Waals surface area (Å²) in [5.74, 6) is -2.51. The number of rotatable bonds is 12. The number of carbonyl (C=O) groups is 2. The van der Waals surface area contributed by atoms with Gasteiger partial charge in [-0.25, -0.2) is 0 Å². The minimum atomic E-state index is -1.63. The number of ketones is 1. The molecule has 1 aromatic carbocycles. The molecular formula is C21H34NO3-. The second-order valence-corrected chi connectivity index (χ2v) is 6.65. The second-order valence-electron chi connectivity index (χ2n) is 6.65. The highest BCUT2D eigenvalue weighted by Gasteiger charge is 2.02. The van der Waals surface area contributed by atoms with Crippen molar-refractivity contribution in [3.8, 4) is 0 Å². The van der Waals surface area contributed by atoms with Gasteiger partial charge in [-0.1, -0.05) is 82.2 Å². The molecule has 0 heterocycles. The smallest absolute Gasteiger partial charge is 0.182 e. The van der Waals surface area contributed by atoms with Crippen LogP contribution in [0.1, 0.15) is 63.9 Å². The van der Waals surface area contributed by atoms with Crippen LogP contribution in [-0.2, 0) is 16.0 Å². The van der Waals surface area contributed by atoms with Crippen LogP contribution in [0.5, 0.6) is 0 Å². The summed E-state index contributed by atoms with van der Waals surface area (Å²) < 4.78 is 0. The molecule has 4 heteroatoms.